The third kappa shape index (κ3) is 2.34. The molecular formula is C13H15F2N3. The average Bonchev–Trinajstić information content (AvgIpc) is 2.72. The Bertz CT molecular complexity index is 518. The van der Waals surface area contributed by atoms with E-state index in [1.807, 2.05) is 4.57 Å². The van der Waals surface area contributed by atoms with Crippen LogP contribution in [0.5, 0.6) is 0 Å². The monoisotopic (exact) mass is 251 g/mol. The van der Waals surface area contributed by atoms with Gasteiger partial charge in [-0.1, -0.05) is 31.2 Å². The quantitative estimate of drug-likeness (QED) is 0.904. The van der Waals surface area contributed by atoms with Gasteiger partial charge >= 0.3 is 0 Å². The highest BCUT2D eigenvalue weighted by atomic mass is 19.3. The van der Waals surface area contributed by atoms with Crippen LogP contribution in [0.15, 0.2) is 30.6 Å². The summed E-state index contributed by atoms with van der Waals surface area (Å²) in [6.07, 6.45) is 0.188. The Balaban J connectivity index is 2.31. The van der Waals surface area contributed by atoms with Crippen molar-refractivity contribution in [1.82, 2.24) is 9.55 Å². The van der Waals surface area contributed by atoms with Crippen LogP contribution in [0.25, 0.3) is 11.3 Å². The molecule has 0 unspecified atom stereocenters. The molecule has 0 aliphatic rings. The molecule has 0 aliphatic carbocycles. The summed E-state index contributed by atoms with van der Waals surface area (Å²) in [7, 11) is 0. The maximum Gasteiger partial charge on any atom is 0.263 e. The van der Waals surface area contributed by atoms with E-state index in [9.17, 15) is 8.78 Å². The van der Waals surface area contributed by atoms with E-state index in [4.69, 9.17) is 5.73 Å². The summed E-state index contributed by atoms with van der Waals surface area (Å²) in [5, 5.41) is 0. The van der Waals surface area contributed by atoms with Crippen molar-refractivity contribution in [2.24, 2.45) is 0 Å². The summed E-state index contributed by atoms with van der Waals surface area (Å²) in [5.41, 5.74) is 7.38. The molecule has 3 nitrogen and oxygen atoms in total. The van der Waals surface area contributed by atoms with Gasteiger partial charge in [0, 0.05) is 17.7 Å². The Labute approximate surface area is 104 Å². The zero-order valence-electron chi connectivity index (χ0n) is 10.1. The number of rotatable bonds is 4. The molecule has 1 aromatic heterocycles. The molecule has 5 heteroatoms. The standard InChI is InChI=1S/C13H15F2N3/c1-2-7-18-8-17-11(13(18)16)9-3-5-10(6-4-9)12(14)15/h3-6,8,12H,2,7,16H2,1H3. The number of imidazole rings is 1. The minimum Gasteiger partial charge on any atom is -0.383 e. The number of aromatic nitrogens is 2. The van der Waals surface area contributed by atoms with Crippen molar-refractivity contribution in [2.45, 2.75) is 26.3 Å². The summed E-state index contributed by atoms with van der Waals surface area (Å²) in [4.78, 5) is 4.23. The third-order valence-electron chi connectivity index (χ3n) is 2.78. The summed E-state index contributed by atoms with van der Waals surface area (Å²) in [5.74, 6) is 0.571. The molecule has 0 radical (unpaired) electrons. The van der Waals surface area contributed by atoms with E-state index in [1.54, 1.807) is 18.5 Å². The molecule has 0 aliphatic heterocycles. The first-order valence-corrected chi connectivity index (χ1v) is 5.82. The minimum atomic E-state index is -2.45. The van der Waals surface area contributed by atoms with Crippen LogP contribution >= 0.6 is 0 Å². The third-order valence-corrected chi connectivity index (χ3v) is 2.78. The van der Waals surface area contributed by atoms with E-state index in [2.05, 4.69) is 11.9 Å². The lowest BCUT2D eigenvalue weighted by molar-refractivity contribution is 0.151. The molecule has 0 spiro atoms. The maximum absolute atomic E-state index is 12.4. The number of nitrogens with zero attached hydrogens (tertiary/aromatic N) is 2. The number of hydrogen-bond donors (Lipinski definition) is 1. The number of nitrogens with two attached hydrogens (primary N) is 1. The second-order valence-electron chi connectivity index (χ2n) is 4.09. The van der Waals surface area contributed by atoms with E-state index in [0.717, 1.165) is 18.5 Å². The Morgan fingerprint density at radius 1 is 1.28 bits per heavy atom. The second kappa shape index (κ2) is 5.16. The molecule has 0 saturated heterocycles. The van der Waals surface area contributed by atoms with Crippen LogP contribution in [0, 0.1) is 0 Å². The average molecular weight is 251 g/mol. The molecular weight excluding hydrogens is 236 g/mol. The molecule has 1 heterocycles. The van der Waals surface area contributed by atoms with Crippen molar-refractivity contribution in [3.63, 3.8) is 0 Å². The van der Waals surface area contributed by atoms with E-state index in [-0.39, 0.29) is 5.56 Å². The number of halogens is 2. The Hall–Kier alpha value is -1.91. The molecule has 0 fully saturated rings. The van der Waals surface area contributed by atoms with Gasteiger partial charge in [-0.15, -0.1) is 0 Å². The zero-order chi connectivity index (χ0) is 13.1. The maximum atomic E-state index is 12.4. The van der Waals surface area contributed by atoms with Crippen LogP contribution in [0.4, 0.5) is 14.6 Å². The molecule has 2 rings (SSSR count). The summed E-state index contributed by atoms with van der Waals surface area (Å²) in [6.45, 7) is 2.85. The van der Waals surface area contributed by atoms with Crippen LogP contribution in [-0.2, 0) is 6.54 Å². The van der Waals surface area contributed by atoms with Crippen molar-refractivity contribution >= 4 is 5.82 Å². The molecule has 2 N–H and O–H groups in total. The van der Waals surface area contributed by atoms with Crippen molar-refractivity contribution in [1.29, 1.82) is 0 Å². The number of anilines is 1. The van der Waals surface area contributed by atoms with E-state index in [0.29, 0.717) is 11.5 Å². The van der Waals surface area contributed by atoms with Gasteiger partial charge in [0.2, 0.25) is 0 Å². The van der Waals surface area contributed by atoms with E-state index < -0.39 is 6.43 Å². The lowest BCUT2D eigenvalue weighted by Crippen LogP contribution is -2.01. The van der Waals surface area contributed by atoms with Crippen LogP contribution in [-0.4, -0.2) is 9.55 Å². The van der Waals surface area contributed by atoms with Gasteiger partial charge in [-0.25, -0.2) is 13.8 Å². The largest absolute Gasteiger partial charge is 0.383 e. The van der Waals surface area contributed by atoms with Crippen LogP contribution in [0.2, 0.25) is 0 Å². The van der Waals surface area contributed by atoms with E-state index in [1.165, 1.54) is 12.1 Å². The summed E-state index contributed by atoms with van der Waals surface area (Å²) >= 11 is 0. The molecule has 96 valence electrons. The number of hydrogen-bond acceptors (Lipinski definition) is 2. The fraction of sp³-hybridized carbons (Fsp3) is 0.308. The van der Waals surface area contributed by atoms with Gasteiger partial charge in [-0.2, -0.15) is 0 Å². The van der Waals surface area contributed by atoms with Crippen LogP contribution in [0.1, 0.15) is 25.3 Å². The molecule has 18 heavy (non-hydrogen) atoms. The Morgan fingerprint density at radius 2 is 1.94 bits per heavy atom. The second-order valence-corrected chi connectivity index (χ2v) is 4.09. The topological polar surface area (TPSA) is 43.8 Å². The molecule has 1 aromatic carbocycles. The molecule has 0 saturated carbocycles. The highest BCUT2D eigenvalue weighted by Crippen LogP contribution is 2.27. The van der Waals surface area contributed by atoms with Crippen molar-refractivity contribution in [2.75, 3.05) is 5.73 Å². The fourth-order valence-electron chi connectivity index (χ4n) is 1.82. The lowest BCUT2D eigenvalue weighted by atomic mass is 10.1. The number of benzene rings is 1. The van der Waals surface area contributed by atoms with Gasteiger partial charge in [0.25, 0.3) is 6.43 Å². The van der Waals surface area contributed by atoms with E-state index >= 15 is 0 Å². The number of alkyl halides is 2. The first-order chi connectivity index (χ1) is 8.63. The summed E-state index contributed by atoms with van der Waals surface area (Å²) < 4.78 is 26.7. The fourth-order valence-corrected chi connectivity index (χ4v) is 1.82. The molecule has 2 aromatic rings. The van der Waals surface area contributed by atoms with Gasteiger partial charge in [-0.3, -0.25) is 0 Å². The van der Waals surface area contributed by atoms with Crippen molar-refractivity contribution in [3.05, 3.63) is 36.2 Å². The van der Waals surface area contributed by atoms with Crippen molar-refractivity contribution < 1.29 is 8.78 Å². The first kappa shape index (κ1) is 12.5. The normalized spacial score (nSPS) is 11.1. The van der Waals surface area contributed by atoms with Crippen LogP contribution in [0.3, 0.4) is 0 Å². The lowest BCUT2D eigenvalue weighted by Gasteiger charge is -2.04. The number of nitrogen functional groups attached to an aromatic ring is 1. The van der Waals surface area contributed by atoms with Gasteiger partial charge in [0.05, 0.1) is 6.33 Å². The molecule has 0 amide bonds. The highest BCUT2D eigenvalue weighted by molar-refractivity contribution is 5.70. The molecule has 0 atom stereocenters. The summed E-state index contributed by atoms with van der Waals surface area (Å²) in [6, 6.07) is 6.05. The van der Waals surface area contributed by atoms with Crippen molar-refractivity contribution in [3.8, 4) is 11.3 Å². The zero-order valence-corrected chi connectivity index (χ0v) is 10.1. The first-order valence-electron chi connectivity index (χ1n) is 5.82. The van der Waals surface area contributed by atoms with Gasteiger partial charge in [0.15, 0.2) is 0 Å². The number of aryl methyl sites for hydroxylation is 1. The van der Waals surface area contributed by atoms with Crippen LogP contribution < -0.4 is 5.73 Å². The Morgan fingerprint density at radius 3 is 2.50 bits per heavy atom. The van der Waals surface area contributed by atoms with Gasteiger partial charge in [0.1, 0.15) is 11.5 Å². The smallest absolute Gasteiger partial charge is 0.263 e. The van der Waals surface area contributed by atoms with Gasteiger partial charge < -0.3 is 10.3 Å². The SMILES string of the molecule is CCCn1cnc(-c2ccc(C(F)F)cc2)c1N. The Kier molecular flexibility index (Phi) is 3.60. The van der Waals surface area contributed by atoms with Gasteiger partial charge in [-0.05, 0) is 6.42 Å². The molecule has 0 bridgehead atoms. The predicted octanol–water partition coefficient (Wildman–Crippen LogP) is 3.48. The highest BCUT2D eigenvalue weighted by Gasteiger charge is 2.11. The minimum absolute atomic E-state index is 0.00492. The predicted molar refractivity (Wildman–Crippen MR) is 67.3 cm³/mol.